The van der Waals surface area contributed by atoms with E-state index in [-0.39, 0.29) is 16.9 Å². The van der Waals surface area contributed by atoms with Crippen LogP contribution in [0.3, 0.4) is 0 Å². The van der Waals surface area contributed by atoms with Crippen molar-refractivity contribution in [3.8, 4) is 0 Å². The molecule has 1 rings (SSSR count). The normalized spacial score (nSPS) is 12.3. The van der Waals surface area contributed by atoms with E-state index in [1.165, 1.54) is 13.3 Å². The zero-order chi connectivity index (χ0) is 11.4. The molecule has 2 N–H and O–H groups in total. The topological polar surface area (TPSA) is 78.1 Å². The van der Waals surface area contributed by atoms with E-state index in [0.29, 0.717) is 5.56 Å². The number of carbonyl (C=O) groups is 1. The van der Waals surface area contributed by atoms with Gasteiger partial charge in [-0.15, -0.1) is 0 Å². The van der Waals surface area contributed by atoms with E-state index in [2.05, 4.69) is 14.7 Å². The number of ether oxygens (including phenoxy) is 1. The second-order valence-corrected chi connectivity index (χ2v) is 3.48. The maximum absolute atomic E-state index is 11.0. The Hall–Kier alpha value is -0.910. The van der Waals surface area contributed by atoms with Crippen molar-refractivity contribution < 1.29 is 9.53 Å². The maximum atomic E-state index is 11.0. The number of aromatic nitrogens is 2. The largest absolute Gasteiger partial charge is 0.468 e. The maximum Gasteiger partial charge on any atom is 0.322 e. The van der Waals surface area contributed by atoms with Gasteiger partial charge in [0.25, 0.3) is 0 Å². The smallest absolute Gasteiger partial charge is 0.322 e. The molecule has 0 spiro atoms. The summed E-state index contributed by atoms with van der Waals surface area (Å²) in [6.45, 7) is 0. The minimum absolute atomic E-state index is 0.0513. The third kappa shape index (κ3) is 3.30. The van der Waals surface area contributed by atoms with Crippen LogP contribution in [0.2, 0.25) is 10.4 Å². The highest BCUT2D eigenvalue weighted by Gasteiger charge is 2.16. The third-order valence-corrected chi connectivity index (χ3v) is 2.24. The lowest BCUT2D eigenvalue weighted by molar-refractivity contribution is -0.142. The van der Waals surface area contributed by atoms with Crippen LogP contribution in [0, 0.1) is 0 Å². The average Bonchev–Trinajstić information content (AvgIpc) is 2.20. The van der Waals surface area contributed by atoms with Crippen LogP contribution >= 0.6 is 23.2 Å². The molecule has 0 saturated carbocycles. The van der Waals surface area contributed by atoms with Crippen molar-refractivity contribution in [3.05, 3.63) is 22.2 Å². The van der Waals surface area contributed by atoms with Crippen LogP contribution in [0.4, 0.5) is 0 Å². The molecule has 5 nitrogen and oxygen atoms in total. The van der Waals surface area contributed by atoms with Crippen molar-refractivity contribution in [2.75, 3.05) is 7.11 Å². The van der Waals surface area contributed by atoms with Crippen LogP contribution in [0.15, 0.2) is 6.20 Å². The Morgan fingerprint density at radius 1 is 1.67 bits per heavy atom. The molecule has 1 unspecified atom stereocenters. The summed E-state index contributed by atoms with van der Waals surface area (Å²) in [5, 5.41) is 0.241. The van der Waals surface area contributed by atoms with Crippen LogP contribution in [-0.4, -0.2) is 29.1 Å². The van der Waals surface area contributed by atoms with Crippen LogP contribution < -0.4 is 5.73 Å². The van der Waals surface area contributed by atoms with Crippen molar-refractivity contribution in [3.63, 3.8) is 0 Å². The molecule has 0 aliphatic heterocycles. The van der Waals surface area contributed by atoms with E-state index in [1.807, 2.05) is 0 Å². The summed E-state index contributed by atoms with van der Waals surface area (Å²) >= 11 is 11.3. The van der Waals surface area contributed by atoms with E-state index in [0.717, 1.165) is 0 Å². The number of hydrogen-bond donors (Lipinski definition) is 1. The molecule has 7 heteroatoms. The first kappa shape index (κ1) is 12.2. The minimum Gasteiger partial charge on any atom is -0.468 e. The summed E-state index contributed by atoms with van der Waals surface area (Å²) in [7, 11) is 1.27. The van der Waals surface area contributed by atoms with Crippen LogP contribution in [0.5, 0.6) is 0 Å². The summed E-state index contributed by atoms with van der Waals surface area (Å²) in [4.78, 5) is 18.5. The average molecular weight is 250 g/mol. The molecule has 0 radical (unpaired) electrons. The predicted molar refractivity (Wildman–Crippen MR) is 55.7 cm³/mol. The Labute approximate surface area is 96.6 Å². The Morgan fingerprint density at radius 2 is 2.33 bits per heavy atom. The minimum atomic E-state index is -0.780. The monoisotopic (exact) mass is 249 g/mol. The van der Waals surface area contributed by atoms with Gasteiger partial charge in [-0.05, 0) is 11.6 Å². The van der Waals surface area contributed by atoms with Gasteiger partial charge in [-0.1, -0.05) is 11.6 Å². The lowest BCUT2D eigenvalue weighted by Crippen LogP contribution is -2.33. The summed E-state index contributed by atoms with van der Waals surface area (Å²) in [6.07, 6.45) is 1.64. The molecule has 0 amide bonds. The van der Waals surface area contributed by atoms with Crippen LogP contribution in [-0.2, 0) is 16.0 Å². The molecule has 1 aromatic rings. The Morgan fingerprint density at radius 3 is 2.87 bits per heavy atom. The molecule has 0 bridgehead atoms. The van der Waals surface area contributed by atoms with Gasteiger partial charge in [-0.2, -0.15) is 0 Å². The lowest BCUT2D eigenvalue weighted by Gasteiger charge is -2.09. The van der Waals surface area contributed by atoms with E-state index < -0.39 is 12.0 Å². The first-order valence-corrected chi connectivity index (χ1v) is 4.80. The molecule has 15 heavy (non-hydrogen) atoms. The van der Waals surface area contributed by atoms with Gasteiger partial charge in [-0.25, -0.2) is 9.97 Å². The van der Waals surface area contributed by atoms with Crippen molar-refractivity contribution in [2.45, 2.75) is 12.5 Å². The van der Waals surface area contributed by atoms with Crippen LogP contribution in [0.1, 0.15) is 5.56 Å². The molecule has 0 aliphatic rings. The molecule has 0 saturated heterocycles. The number of carbonyl (C=O) groups excluding carboxylic acids is 1. The van der Waals surface area contributed by atoms with Gasteiger partial charge >= 0.3 is 5.97 Å². The van der Waals surface area contributed by atoms with Gasteiger partial charge in [0, 0.05) is 18.2 Å². The Kier molecular flexibility index (Phi) is 4.26. The van der Waals surface area contributed by atoms with Crippen molar-refractivity contribution in [2.24, 2.45) is 5.73 Å². The van der Waals surface area contributed by atoms with Gasteiger partial charge < -0.3 is 10.5 Å². The highest BCUT2D eigenvalue weighted by Crippen LogP contribution is 2.15. The van der Waals surface area contributed by atoms with Gasteiger partial charge in [0.15, 0.2) is 0 Å². The zero-order valence-corrected chi connectivity index (χ0v) is 9.42. The molecule has 0 aromatic carbocycles. The molecule has 0 fully saturated rings. The fraction of sp³-hybridized carbons (Fsp3) is 0.375. The number of esters is 1. The van der Waals surface area contributed by atoms with Gasteiger partial charge in [-0.3, -0.25) is 4.79 Å². The fourth-order valence-electron chi connectivity index (χ4n) is 0.975. The molecule has 1 aromatic heterocycles. The molecule has 1 heterocycles. The second-order valence-electron chi connectivity index (χ2n) is 2.79. The molecular formula is C8H9Cl2N3O2. The first-order valence-electron chi connectivity index (χ1n) is 4.05. The number of hydrogen-bond acceptors (Lipinski definition) is 5. The van der Waals surface area contributed by atoms with Gasteiger partial charge in [0.2, 0.25) is 5.28 Å². The first-order chi connectivity index (χ1) is 7.04. The van der Waals surface area contributed by atoms with Crippen LogP contribution in [0.25, 0.3) is 0 Å². The van der Waals surface area contributed by atoms with E-state index in [9.17, 15) is 4.79 Å². The van der Waals surface area contributed by atoms with Crippen molar-refractivity contribution in [1.82, 2.24) is 9.97 Å². The summed E-state index contributed by atoms with van der Waals surface area (Å²) in [5.41, 5.74) is 6.10. The Balaban J connectivity index is 2.76. The quantitative estimate of drug-likeness (QED) is 0.488. The van der Waals surface area contributed by atoms with Crippen molar-refractivity contribution in [1.29, 1.82) is 0 Å². The fourth-order valence-corrected chi connectivity index (χ4v) is 1.36. The lowest BCUT2D eigenvalue weighted by atomic mass is 10.1. The molecule has 1 atom stereocenters. The third-order valence-electron chi connectivity index (χ3n) is 1.73. The number of halogens is 2. The summed E-state index contributed by atoms with van der Waals surface area (Å²) in [5.74, 6) is -0.513. The van der Waals surface area contributed by atoms with Gasteiger partial charge in [0.1, 0.15) is 11.2 Å². The number of nitrogens with zero attached hydrogens (tertiary/aromatic N) is 2. The van der Waals surface area contributed by atoms with Crippen molar-refractivity contribution >= 4 is 29.2 Å². The standard InChI is InChI=1S/C8H9Cl2N3O2/c1-15-7(14)5(11)2-4-3-12-8(10)13-6(4)9/h3,5H,2,11H2,1H3. The molecule has 0 aliphatic carbocycles. The summed E-state index contributed by atoms with van der Waals surface area (Å²) < 4.78 is 4.47. The van der Waals surface area contributed by atoms with E-state index in [1.54, 1.807) is 0 Å². The molecule has 82 valence electrons. The highest BCUT2D eigenvalue weighted by molar-refractivity contribution is 6.32. The van der Waals surface area contributed by atoms with E-state index >= 15 is 0 Å². The SMILES string of the molecule is COC(=O)C(N)Cc1cnc(Cl)nc1Cl. The number of rotatable bonds is 3. The summed E-state index contributed by atoms with van der Waals surface area (Å²) in [6, 6.07) is -0.780. The van der Waals surface area contributed by atoms with E-state index in [4.69, 9.17) is 28.9 Å². The number of nitrogens with two attached hydrogens (primary N) is 1. The zero-order valence-electron chi connectivity index (χ0n) is 7.91. The van der Waals surface area contributed by atoms with Gasteiger partial charge in [0.05, 0.1) is 7.11 Å². The molecular weight excluding hydrogens is 241 g/mol. The predicted octanol–water partition coefficient (Wildman–Crippen LogP) is 0.826. The Bertz CT molecular complexity index is 373. The number of methoxy groups -OCH3 is 1. The highest BCUT2D eigenvalue weighted by atomic mass is 35.5. The second kappa shape index (κ2) is 5.25.